The number of para-hydroxylation sites is 1. The summed E-state index contributed by atoms with van der Waals surface area (Å²) >= 11 is 0. The lowest BCUT2D eigenvalue weighted by Crippen LogP contribution is -2.33. The summed E-state index contributed by atoms with van der Waals surface area (Å²) in [5.41, 5.74) is 3.59. The van der Waals surface area contributed by atoms with Crippen LogP contribution in [0.4, 0.5) is 11.6 Å². The van der Waals surface area contributed by atoms with Crippen LogP contribution in [0, 0.1) is 6.92 Å². The molecule has 0 bridgehead atoms. The van der Waals surface area contributed by atoms with E-state index < -0.39 is 0 Å². The van der Waals surface area contributed by atoms with E-state index in [4.69, 9.17) is 0 Å². The number of carbonyl (C=O) groups is 1. The Bertz CT molecular complexity index is 768. The number of fused-ring (bicyclic) bond motifs is 1. The Labute approximate surface area is 142 Å². The van der Waals surface area contributed by atoms with Crippen LogP contribution in [0.5, 0.6) is 0 Å². The van der Waals surface area contributed by atoms with Crippen LogP contribution in [0.2, 0.25) is 0 Å². The maximum absolute atomic E-state index is 13.0. The SMILES string of the molecule is Cc1cc(C(=O)N2CCc3ccccc32)nc(N2CCCCC2)n1. The Morgan fingerprint density at radius 3 is 2.67 bits per heavy atom. The summed E-state index contributed by atoms with van der Waals surface area (Å²) in [6.45, 7) is 4.61. The van der Waals surface area contributed by atoms with Gasteiger partial charge in [-0.15, -0.1) is 0 Å². The summed E-state index contributed by atoms with van der Waals surface area (Å²) in [6, 6.07) is 9.91. The van der Waals surface area contributed by atoms with Crippen molar-refractivity contribution >= 4 is 17.5 Å². The number of carbonyl (C=O) groups excluding carboxylic acids is 1. The summed E-state index contributed by atoms with van der Waals surface area (Å²) in [4.78, 5) is 26.2. The normalized spacial score (nSPS) is 17.0. The first-order chi connectivity index (χ1) is 11.7. The minimum Gasteiger partial charge on any atom is -0.341 e. The lowest BCUT2D eigenvalue weighted by atomic mass is 10.1. The van der Waals surface area contributed by atoms with Gasteiger partial charge in [0.2, 0.25) is 5.95 Å². The highest BCUT2D eigenvalue weighted by Crippen LogP contribution is 2.29. The molecule has 0 aliphatic carbocycles. The zero-order valence-electron chi connectivity index (χ0n) is 14.0. The van der Waals surface area contributed by atoms with E-state index in [0.29, 0.717) is 11.6 Å². The van der Waals surface area contributed by atoms with E-state index in [1.165, 1.54) is 24.8 Å². The van der Waals surface area contributed by atoms with Crippen LogP contribution in [0.3, 0.4) is 0 Å². The standard InChI is InChI=1S/C19H22N4O/c1-14-13-16(21-19(20-14)22-10-5-2-6-11-22)18(24)23-12-9-15-7-3-4-8-17(15)23/h3-4,7-8,13H,2,5-6,9-12H2,1H3. The van der Waals surface area contributed by atoms with Gasteiger partial charge in [0.15, 0.2) is 0 Å². The molecule has 2 aromatic rings. The molecule has 1 fully saturated rings. The highest BCUT2D eigenvalue weighted by Gasteiger charge is 2.27. The zero-order valence-corrected chi connectivity index (χ0v) is 14.0. The third kappa shape index (κ3) is 2.75. The number of aryl methyl sites for hydroxylation is 1. The molecule has 5 heteroatoms. The molecule has 0 spiro atoms. The number of hydrogen-bond acceptors (Lipinski definition) is 4. The molecule has 1 aromatic carbocycles. The van der Waals surface area contributed by atoms with Crippen LogP contribution < -0.4 is 9.80 Å². The van der Waals surface area contributed by atoms with Crippen LogP contribution in [-0.2, 0) is 6.42 Å². The van der Waals surface area contributed by atoms with E-state index in [9.17, 15) is 4.79 Å². The molecule has 1 saturated heterocycles. The van der Waals surface area contributed by atoms with Crippen LogP contribution in [0.1, 0.15) is 41.0 Å². The van der Waals surface area contributed by atoms with Crippen molar-refractivity contribution in [3.8, 4) is 0 Å². The van der Waals surface area contributed by atoms with Gasteiger partial charge in [0, 0.05) is 31.0 Å². The van der Waals surface area contributed by atoms with Gasteiger partial charge in [-0.2, -0.15) is 0 Å². The second-order valence-corrected chi connectivity index (χ2v) is 6.58. The fourth-order valence-electron chi connectivity index (χ4n) is 3.59. The summed E-state index contributed by atoms with van der Waals surface area (Å²) in [7, 11) is 0. The summed E-state index contributed by atoms with van der Waals surface area (Å²) in [5, 5.41) is 0. The van der Waals surface area contributed by atoms with Crippen molar-refractivity contribution in [2.24, 2.45) is 0 Å². The van der Waals surface area contributed by atoms with Crippen molar-refractivity contribution in [3.05, 3.63) is 47.3 Å². The number of amides is 1. The third-order valence-electron chi connectivity index (χ3n) is 4.83. The number of rotatable bonds is 2. The molecule has 0 N–H and O–H groups in total. The molecule has 4 rings (SSSR count). The number of benzene rings is 1. The molecule has 2 aliphatic rings. The van der Waals surface area contributed by atoms with E-state index >= 15 is 0 Å². The second kappa shape index (κ2) is 6.23. The molecule has 0 atom stereocenters. The molecule has 2 aliphatic heterocycles. The summed E-state index contributed by atoms with van der Waals surface area (Å²) in [6.07, 6.45) is 4.50. The van der Waals surface area contributed by atoms with Crippen molar-refractivity contribution in [2.75, 3.05) is 29.4 Å². The smallest absolute Gasteiger partial charge is 0.277 e. The first-order valence-electron chi connectivity index (χ1n) is 8.73. The highest BCUT2D eigenvalue weighted by atomic mass is 16.2. The number of nitrogens with zero attached hydrogens (tertiary/aromatic N) is 4. The lowest BCUT2D eigenvalue weighted by molar-refractivity contribution is 0.0984. The van der Waals surface area contributed by atoms with Gasteiger partial charge in [-0.05, 0) is 50.3 Å². The highest BCUT2D eigenvalue weighted by molar-refractivity contribution is 6.06. The Morgan fingerprint density at radius 1 is 1.04 bits per heavy atom. The van der Waals surface area contributed by atoms with Crippen LogP contribution in [0.25, 0.3) is 0 Å². The van der Waals surface area contributed by atoms with E-state index in [0.717, 1.165) is 37.4 Å². The fraction of sp³-hybridized carbons (Fsp3) is 0.421. The third-order valence-corrected chi connectivity index (χ3v) is 4.83. The summed E-state index contributed by atoms with van der Waals surface area (Å²) in [5.74, 6) is 0.675. The van der Waals surface area contributed by atoms with Gasteiger partial charge in [-0.25, -0.2) is 9.97 Å². The first-order valence-corrected chi connectivity index (χ1v) is 8.73. The summed E-state index contributed by atoms with van der Waals surface area (Å²) < 4.78 is 0. The Balaban J connectivity index is 1.64. The molecule has 1 aromatic heterocycles. The van der Waals surface area contributed by atoms with Crippen molar-refractivity contribution in [1.29, 1.82) is 0 Å². The minimum atomic E-state index is -0.0243. The van der Waals surface area contributed by atoms with E-state index in [2.05, 4.69) is 20.9 Å². The topological polar surface area (TPSA) is 49.3 Å². The quantitative estimate of drug-likeness (QED) is 0.853. The molecular weight excluding hydrogens is 300 g/mol. The molecular formula is C19H22N4O. The largest absolute Gasteiger partial charge is 0.341 e. The second-order valence-electron chi connectivity index (χ2n) is 6.58. The van der Waals surface area contributed by atoms with Crippen molar-refractivity contribution in [3.63, 3.8) is 0 Å². The van der Waals surface area contributed by atoms with Crippen molar-refractivity contribution in [1.82, 2.24) is 9.97 Å². The Morgan fingerprint density at radius 2 is 1.83 bits per heavy atom. The first kappa shape index (κ1) is 15.1. The number of hydrogen-bond donors (Lipinski definition) is 0. The van der Waals surface area contributed by atoms with Gasteiger partial charge in [0.05, 0.1) is 0 Å². The molecule has 3 heterocycles. The van der Waals surface area contributed by atoms with Gasteiger partial charge in [0.25, 0.3) is 5.91 Å². The van der Waals surface area contributed by atoms with Crippen LogP contribution in [-0.4, -0.2) is 35.5 Å². The van der Waals surface area contributed by atoms with Gasteiger partial charge >= 0.3 is 0 Å². The van der Waals surface area contributed by atoms with E-state index in [1.54, 1.807) is 6.07 Å². The van der Waals surface area contributed by atoms with E-state index in [-0.39, 0.29) is 5.91 Å². The Hall–Kier alpha value is -2.43. The average molecular weight is 322 g/mol. The van der Waals surface area contributed by atoms with Crippen molar-refractivity contribution in [2.45, 2.75) is 32.6 Å². The van der Waals surface area contributed by atoms with Gasteiger partial charge in [0.1, 0.15) is 5.69 Å². The minimum absolute atomic E-state index is 0.0243. The molecule has 0 saturated carbocycles. The molecule has 124 valence electrons. The molecule has 5 nitrogen and oxygen atoms in total. The molecule has 1 amide bonds. The maximum atomic E-state index is 13.0. The monoisotopic (exact) mass is 322 g/mol. The molecule has 0 unspecified atom stereocenters. The van der Waals surface area contributed by atoms with Gasteiger partial charge in [-0.1, -0.05) is 18.2 Å². The predicted molar refractivity (Wildman–Crippen MR) is 94.7 cm³/mol. The molecule has 24 heavy (non-hydrogen) atoms. The fourth-order valence-corrected chi connectivity index (χ4v) is 3.59. The number of piperidine rings is 1. The number of anilines is 2. The Kier molecular flexibility index (Phi) is 3.92. The number of aromatic nitrogens is 2. The maximum Gasteiger partial charge on any atom is 0.277 e. The van der Waals surface area contributed by atoms with Gasteiger partial charge in [-0.3, -0.25) is 4.79 Å². The van der Waals surface area contributed by atoms with Crippen molar-refractivity contribution < 1.29 is 4.79 Å². The van der Waals surface area contributed by atoms with Crippen LogP contribution in [0.15, 0.2) is 30.3 Å². The lowest BCUT2D eigenvalue weighted by Gasteiger charge is -2.27. The van der Waals surface area contributed by atoms with Gasteiger partial charge < -0.3 is 9.80 Å². The zero-order chi connectivity index (χ0) is 16.5. The molecule has 0 radical (unpaired) electrons. The van der Waals surface area contributed by atoms with Crippen LogP contribution >= 0.6 is 0 Å². The van der Waals surface area contributed by atoms with E-state index in [1.807, 2.05) is 30.0 Å². The predicted octanol–water partition coefficient (Wildman–Crippen LogP) is 2.98. The average Bonchev–Trinajstić information content (AvgIpc) is 3.05.